The lowest BCUT2D eigenvalue weighted by atomic mass is 9.99. The fraction of sp³-hybridized carbons (Fsp3) is 0.316. The molecule has 0 atom stereocenters. The second kappa shape index (κ2) is 8.47. The number of aromatic hydroxyl groups is 2. The smallest absolute Gasteiger partial charge is 0.186 e. The van der Waals surface area contributed by atoms with E-state index in [-0.39, 0.29) is 17.3 Å². The molecule has 0 saturated heterocycles. The average Bonchev–Trinajstić information content (AvgIpc) is 2.61. The van der Waals surface area contributed by atoms with E-state index in [9.17, 15) is 15.0 Å². The van der Waals surface area contributed by atoms with Gasteiger partial charge >= 0.3 is 0 Å². The summed E-state index contributed by atoms with van der Waals surface area (Å²) in [6, 6.07) is 12.1. The molecule has 2 rings (SSSR count). The maximum absolute atomic E-state index is 12.1. The highest BCUT2D eigenvalue weighted by atomic mass is 16.7. The molecule has 5 heteroatoms. The molecule has 0 spiro atoms. The normalized spacial score (nSPS) is 11.0. The first-order valence-electron chi connectivity index (χ1n) is 7.76. The van der Waals surface area contributed by atoms with Gasteiger partial charge in [0.25, 0.3) is 0 Å². The van der Waals surface area contributed by atoms with Crippen molar-refractivity contribution in [3.8, 4) is 11.5 Å². The molecule has 128 valence electrons. The van der Waals surface area contributed by atoms with Crippen molar-refractivity contribution in [1.82, 2.24) is 0 Å². The van der Waals surface area contributed by atoms with E-state index in [1.807, 2.05) is 18.2 Å². The van der Waals surface area contributed by atoms with E-state index in [1.54, 1.807) is 18.2 Å². The first kappa shape index (κ1) is 18.0. The number of carbonyl (C=O) groups is 1. The Morgan fingerprint density at radius 1 is 1.04 bits per heavy atom. The van der Waals surface area contributed by atoms with Gasteiger partial charge in [-0.3, -0.25) is 4.79 Å². The van der Waals surface area contributed by atoms with Crippen LogP contribution in [0.25, 0.3) is 0 Å². The first-order chi connectivity index (χ1) is 11.6. The van der Waals surface area contributed by atoms with E-state index < -0.39 is 6.29 Å². The summed E-state index contributed by atoms with van der Waals surface area (Å²) in [4.78, 5) is 12.1. The monoisotopic (exact) mass is 330 g/mol. The number of benzene rings is 2. The van der Waals surface area contributed by atoms with Gasteiger partial charge in [0.2, 0.25) is 0 Å². The summed E-state index contributed by atoms with van der Waals surface area (Å²) in [6.07, 6.45) is 0.522. The zero-order chi connectivity index (χ0) is 17.5. The molecule has 0 aliphatic rings. The molecule has 0 bridgehead atoms. The van der Waals surface area contributed by atoms with Gasteiger partial charge in [0.1, 0.15) is 11.5 Å². The predicted octanol–water partition coefficient (Wildman–Crippen LogP) is 3.59. The van der Waals surface area contributed by atoms with Crippen molar-refractivity contribution >= 4 is 5.78 Å². The van der Waals surface area contributed by atoms with Crippen LogP contribution in [0, 0.1) is 0 Å². The highest BCUT2D eigenvalue weighted by Crippen LogP contribution is 2.36. The SMILES string of the molecule is COC(OC)c1ccc(O)c(CCCC(=O)c2ccccc2)c1O. The number of ketones is 1. The van der Waals surface area contributed by atoms with Crippen LogP contribution < -0.4 is 0 Å². The molecule has 0 aliphatic carbocycles. The highest BCUT2D eigenvalue weighted by molar-refractivity contribution is 5.95. The van der Waals surface area contributed by atoms with Gasteiger partial charge in [-0.15, -0.1) is 0 Å². The fourth-order valence-electron chi connectivity index (χ4n) is 2.62. The molecule has 0 unspecified atom stereocenters. The minimum Gasteiger partial charge on any atom is -0.508 e. The van der Waals surface area contributed by atoms with Gasteiger partial charge in [-0.05, 0) is 25.0 Å². The Morgan fingerprint density at radius 2 is 1.71 bits per heavy atom. The number of phenols is 2. The van der Waals surface area contributed by atoms with Crippen molar-refractivity contribution in [1.29, 1.82) is 0 Å². The van der Waals surface area contributed by atoms with Crippen LogP contribution in [0.5, 0.6) is 11.5 Å². The minimum atomic E-state index is -0.713. The Bertz CT molecular complexity index is 678. The molecule has 2 aromatic carbocycles. The Labute approximate surface area is 141 Å². The molecule has 5 nitrogen and oxygen atoms in total. The molecular weight excluding hydrogens is 308 g/mol. The van der Waals surface area contributed by atoms with Gasteiger partial charge in [0.15, 0.2) is 12.1 Å². The van der Waals surface area contributed by atoms with E-state index in [4.69, 9.17) is 9.47 Å². The van der Waals surface area contributed by atoms with E-state index in [0.717, 1.165) is 0 Å². The minimum absolute atomic E-state index is 0.00522. The molecule has 0 amide bonds. The number of carbonyl (C=O) groups excluding carboxylic acids is 1. The van der Waals surface area contributed by atoms with E-state index >= 15 is 0 Å². The lowest BCUT2D eigenvalue weighted by molar-refractivity contribution is -0.107. The second-order valence-corrected chi connectivity index (χ2v) is 5.45. The van der Waals surface area contributed by atoms with Crippen LogP contribution in [0.2, 0.25) is 0 Å². The van der Waals surface area contributed by atoms with E-state index in [2.05, 4.69) is 0 Å². The maximum Gasteiger partial charge on any atom is 0.186 e. The number of methoxy groups -OCH3 is 2. The molecule has 0 heterocycles. The number of Topliss-reactive ketones (excluding diaryl/α,β-unsaturated/α-hetero) is 1. The number of ether oxygens (including phenoxy) is 2. The third-order valence-electron chi connectivity index (χ3n) is 3.90. The van der Waals surface area contributed by atoms with Crippen molar-refractivity contribution in [2.45, 2.75) is 25.6 Å². The molecule has 0 radical (unpaired) electrons. The Hall–Kier alpha value is -2.37. The Balaban J connectivity index is 2.07. The van der Waals surface area contributed by atoms with Crippen molar-refractivity contribution < 1.29 is 24.5 Å². The summed E-state index contributed by atoms with van der Waals surface area (Å²) in [5, 5.41) is 20.4. The summed E-state index contributed by atoms with van der Waals surface area (Å²) in [5.41, 5.74) is 1.51. The summed E-state index contributed by atoms with van der Waals surface area (Å²) >= 11 is 0. The van der Waals surface area contributed by atoms with Crippen molar-refractivity contribution in [2.75, 3.05) is 14.2 Å². The zero-order valence-corrected chi connectivity index (χ0v) is 13.9. The Kier molecular flexibility index (Phi) is 6.35. The van der Waals surface area contributed by atoms with Crippen molar-refractivity contribution in [3.63, 3.8) is 0 Å². The van der Waals surface area contributed by atoms with Gasteiger partial charge < -0.3 is 19.7 Å². The molecule has 2 N–H and O–H groups in total. The predicted molar refractivity (Wildman–Crippen MR) is 90.2 cm³/mol. The first-order valence-corrected chi connectivity index (χ1v) is 7.76. The lowest BCUT2D eigenvalue weighted by Crippen LogP contribution is -2.05. The van der Waals surface area contributed by atoms with Gasteiger partial charge in [-0.1, -0.05) is 30.3 Å². The second-order valence-electron chi connectivity index (χ2n) is 5.45. The van der Waals surface area contributed by atoms with E-state index in [1.165, 1.54) is 20.3 Å². The number of phenolic OH excluding ortho intramolecular Hbond substituents is 2. The van der Waals surface area contributed by atoms with Crippen LogP contribution in [-0.2, 0) is 15.9 Å². The van der Waals surface area contributed by atoms with Gasteiger partial charge in [-0.25, -0.2) is 0 Å². The summed E-state index contributed by atoms with van der Waals surface area (Å²) in [6.45, 7) is 0. The molecule has 0 saturated carbocycles. The van der Waals surface area contributed by atoms with Crippen LogP contribution in [0.15, 0.2) is 42.5 Å². The van der Waals surface area contributed by atoms with Gasteiger partial charge in [0.05, 0.1) is 0 Å². The van der Waals surface area contributed by atoms with Crippen molar-refractivity contribution in [2.24, 2.45) is 0 Å². The number of hydrogen-bond acceptors (Lipinski definition) is 5. The van der Waals surface area contributed by atoms with Crippen molar-refractivity contribution in [3.05, 3.63) is 59.2 Å². The molecule has 24 heavy (non-hydrogen) atoms. The molecule has 0 aliphatic heterocycles. The van der Waals surface area contributed by atoms with Gasteiger partial charge in [0, 0.05) is 37.3 Å². The largest absolute Gasteiger partial charge is 0.508 e. The fourth-order valence-corrected chi connectivity index (χ4v) is 2.62. The third kappa shape index (κ3) is 4.13. The Morgan fingerprint density at radius 3 is 2.33 bits per heavy atom. The summed E-state index contributed by atoms with van der Waals surface area (Å²) in [5.74, 6) is -0.0254. The van der Waals surface area contributed by atoms with E-state index in [0.29, 0.717) is 36.0 Å². The quantitative estimate of drug-likeness (QED) is 0.571. The van der Waals surface area contributed by atoms with Gasteiger partial charge in [-0.2, -0.15) is 0 Å². The van der Waals surface area contributed by atoms with Crippen LogP contribution in [0.3, 0.4) is 0 Å². The standard InChI is InChI=1S/C19H22O5/c1-23-19(24-2)15-11-12-17(21)14(18(15)22)9-6-10-16(20)13-7-4-3-5-8-13/h3-5,7-8,11-12,19,21-22H,6,9-10H2,1-2H3. The molecule has 0 fully saturated rings. The number of rotatable bonds is 8. The highest BCUT2D eigenvalue weighted by Gasteiger charge is 2.19. The summed E-state index contributed by atoms with van der Waals surface area (Å²) < 4.78 is 10.3. The number of hydrogen-bond donors (Lipinski definition) is 2. The topological polar surface area (TPSA) is 76.0 Å². The summed E-state index contributed by atoms with van der Waals surface area (Å²) in [7, 11) is 2.94. The average molecular weight is 330 g/mol. The zero-order valence-electron chi connectivity index (χ0n) is 13.9. The molecule has 2 aromatic rings. The van der Waals surface area contributed by atoms with Crippen LogP contribution in [0.4, 0.5) is 0 Å². The third-order valence-corrected chi connectivity index (χ3v) is 3.90. The maximum atomic E-state index is 12.1. The molecular formula is C19H22O5. The van der Waals surface area contributed by atoms with Crippen LogP contribution in [-0.4, -0.2) is 30.2 Å². The lowest BCUT2D eigenvalue weighted by Gasteiger charge is -2.18. The van der Waals surface area contributed by atoms with Crippen LogP contribution in [0.1, 0.15) is 40.6 Å². The van der Waals surface area contributed by atoms with Crippen LogP contribution >= 0.6 is 0 Å². The molecule has 0 aromatic heterocycles.